The maximum atomic E-state index is 12.0. The molecule has 0 amide bonds. The van der Waals surface area contributed by atoms with Crippen LogP contribution in [0.3, 0.4) is 0 Å². The number of aliphatic hydroxyl groups is 1. The summed E-state index contributed by atoms with van der Waals surface area (Å²) in [6.07, 6.45) is -1.28. The van der Waals surface area contributed by atoms with Gasteiger partial charge in [-0.3, -0.25) is 0 Å². The lowest BCUT2D eigenvalue weighted by Gasteiger charge is -2.25. The van der Waals surface area contributed by atoms with Crippen LogP contribution in [0.15, 0.2) is 29.3 Å². The van der Waals surface area contributed by atoms with Crippen molar-refractivity contribution in [1.29, 1.82) is 0 Å². The third-order valence-corrected chi connectivity index (χ3v) is 3.93. The zero-order valence-corrected chi connectivity index (χ0v) is 11.4. The fourth-order valence-corrected chi connectivity index (χ4v) is 3.04. The number of esters is 2. The summed E-state index contributed by atoms with van der Waals surface area (Å²) in [5.74, 6) is -1.12. The average molecular weight is 274 g/mol. The smallest absolute Gasteiger partial charge is 0.341 e. The van der Waals surface area contributed by atoms with Crippen molar-refractivity contribution in [3.8, 4) is 0 Å². The van der Waals surface area contributed by atoms with Gasteiger partial charge < -0.3 is 14.6 Å². The molecular formula is C15H14O5. The van der Waals surface area contributed by atoms with Gasteiger partial charge in [0.1, 0.15) is 0 Å². The second-order valence-corrected chi connectivity index (χ2v) is 5.24. The van der Waals surface area contributed by atoms with E-state index >= 15 is 0 Å². The first-order chi connectivity index (χ1) is 9.36. The van der Waals surface area contributed by atoms with Crippen molar-refractivity contribution in [2.75, 3.05) is 0 Å². The molecule has 1 N–H and O–H groups in total. The normalized spacial score (nSPS) is 28.5. The van der Waals surface area contributed by atoms with Gasteiger partial charge >= 0.3 is 11.9 Å². The molecule has 1 aromatic rings. The number of carbonyl (C=O) groups excluding carboxylic acids is 2. The van der Waals surface area contributed by atoms with Gasteiger partial charge in [0.05, 0.1) is 11.1 Å². The minimum Gasteiger partial charge on any atom is -0.446 e. The largest absolute Gasteiger partial charge is 0.446 e. The molecule has 104 valence electrons. The monoisotopic (exact) mass is 274 g/mol. The number of benzene rings is 1. The van der Waals surface area contributed by atoms with Crippen molar-refractivity contribution in [3.05, 3.63) is 46.0 Å². The SMILES string of the molecule is CC1=C([C@]2(C)OC(=O)c3cccc(C)c32)C(=O)O[C@H]1O. The van der Waals surface area contributed by atoms with E-state index in [4.69, 9.17) is 9.47 Å². The second kappa shape index (κ2) is 3.93. The molecule has 5 nitrogen and oxygen atoms in total. The molecular weight excluding hydrogens is 260 g/mol. The maximum Gasteiger partial charge on any atom is 0.341 e. The Kier molecular flexibility index (Phi) is 2.53. The predicted molar refractivity (Wildman–Crippen MR) is 68.7 cm³/mol. The molecule has 2 heterocycles. The molecule has 0 spiro atoms. The van der Waals surface area contributed by atoms with Crippen LogP contribution in [-0.4, -0.2) is 23.3 Å². The Labute approximate surface area is 115 Å². The van der Waals surface area contributed by atoms with Crippen molar-refractivity contribution >= 4 is 11.9 Å². The predicted octanol–water partition coefficient (Wildman–Crippen LogP) is 1.57. The van der Waals surface area contributed by atoms with E-state index in [1.807, 2.05) is 13.0 Å². The fraction of sp³-hybridized carbons (Fsp3) is 0.333. The molecule has 5 heteroatoms. The molecule has 1 aromatic carbocycles. The molecule has 20 heavy (non-hydrogen) atoms. The summed E-state index contributed by atoms with van der Waals surface area (Å²) >= 11 is 0. The number of aryl methyl sites for hydroxylation is 1. The molecule has 0 unspecified atom stereocenters. The molecule has 0 aliphatic carbocycles. The summed E-state index contributed by atoms with van der Waals surface area (Å²) in [6.45, 7) is 5.10. The van der Waals surface area contributed by atoms with Gasteiger partial charge in [0.25, 0.3) is 0 Å². The number of aliphatic hydroxyl groups excluding tert-OH is 1. The summed E-state index contributed by atoms with van der Waals surface area (Å²) in [4.78, 5) is 24.0. The van der Waals surface area contributed by atoms with E-state index < -0.39 is 23.8 Å². The highest BCUT2D eigenvalue weighted by atomic mass is 16.6. The van der Waals surface area contributed by atoms with Crippen LogP contribution in [0.5, 0.6) is 0 Å². The van der Waals surface area contributed by atoms with Crippen LogP contribution in [0.4, 0.5) is 0 Å². The van der Waals surface area contributed by atoms with Gasteiger partial charge in [-0.2, -0.15) is 0 Å². The third-order valence-electron chi connectivity index (χ3n) is 3.93. The first kappa shape index (κ1) is 12.9. The topological polar surface area (TPSA) is 72.8 Å². The van der Waals surface area contributed by atoms with E-state index in [1.165, 1.54) is 0 Å². The molecule has 3 rings (SSSR count). The summed E-state index contributed by atoms with van der Waals surface area (Å²) in [5.41, 5.74) is 1.32. The number of fused-ring (bicyclic) bond motifs is 1. The number of rotatable bonds is 1. The quantitative estimate of drug-likeness (QED) is 0.787. The summed E-state index contributed by atoms with van der Waals surface area (Å²) in [5, 5.41) is 9.66. The molecule has 0 saturated carbocycles. The Bertz CT molecular complexity index is 673. The van der Waals surface area contributed by atoms with Gasteiger partial charge in [-0.1, -0.05) is 12.1 Å². The zero-order chi connectivity index (χ0) is 14.7. The molecule has 0 radical (unpaired) electrons. The molecule has 0 bridgehead atoms. The molecule has 0 aromatic heterocycles. The van der Waals surface area contributed by atoms with E-state index in [-0.39, 0.29) is 5.57 Å². The first-order valence-corrected chi connectivity index (χ1v) is 6.30. The summed E-state index contributed by atoms with van der Waals surface area (Å²) in [7, 11) is 0. The molecule has 0 saturated heterocycles. The van der Waals surface area contributed by atoms with Gasteiger partial charge in [-0.25, -0.2) is 9.59 Å². The third kappa shape index (κ3) is 1.47. The minimum atomic E-state index is -1.28. The Morgan fingerprint density at radius 2 is 1.90 bits per heavy atom. The van der Waals surface area contributed by atoms with Crippen molar-refractivity contribution in [2.45, 2.75) is 32.7 Å². The Morgan fingerprint density at radius 1 is 1.20 bits per heavy atom. The molecule has 2 aliphatic heterocycles. The van der Waals surface area contributed by atoms with Crippen molar-refractivity contribution in [3.63, 3.8) is 0 Å². The van der Waals surface area contributed by atoms with E-state index in [0.29, 0.717) is 16.7 Å². The zero-order valence-electron chi connectivity index (χ0n) is 11.4. The van der Waals surface area contributed by atoms with Crippen molar-refractivity contribution in [2.24, 2.45) is 0 Å². The number of hydrogen-bond donors (Lipinski definition) is 1. The summed E-state index contributed by atoms with van der Waals surface area (Å²) < 4.78 is 10.3. The van der Waals surface area contributed by atoms with Gasteiger partial charge in [0, 0.05) is 11.1 Å². The number of cyclic esters (lactones) is 2. The Balaban J connectivity index is 2.27. The van der Waals surface area contributed by atoms with E-state index in [9.17, 15) is 14.7 Å². The number of ether oxygens (including phenoxy) is 2. The van der Waals surface area contributed by atoms with Crippen LogP contribution in [-0.2, 0) is 19.9 Å². The van der Waals surface area contributed by atoms with Crippen LogP contribution in [0, 0.1) is 6.92 Å². The highest BCUT2D eigenvalue weighted by Crippen LogP contribution is 2.46. The van der Waals surface area contributed by atoms with E-state index in [2.05, 4.69) is 0 Å². The highest BCUT2D eigenvalue weighted by Gasteiger charge is 2.52. The molecule has 0 fully saturated rings. The lowest BCUT2D eigenvalue weighted by Crippen LogP contribution is -2.29. The lowest BCUT2D eigenvalue weighted by atomic mass is 9.82. The van der Waals surface area contributed by atoms with Crippen LogP contribution < -0.4 is 0 Å². The van der Waals surface area contributed by atoms with Crippen LogP contribution in [0.25, 0.3) is 0 Å². The minimum absolute atomic E-state index is 0.200. The van der Waals surface area contributed by atoms with E-state index in [1.54, 1.807) is 26.0 Å². The van der Waals surface area contributed by atoms with Gasteiger partial charge in [0.2, 0.25) is 6.29 Å². The van der Waals surface area contributed by atoms with E-state index in [0.717, 1.165) is 5.56 Å². The lowest BCUT2D eigenvalue weighted by molar-refractivity contribution is -0.153. The number of carbonyl (C=O) groups is 2. The highest BCUT2D eigenvalue weighted by molar-refractivity contribution is 6.01. The summed E-state index contributed by atoms with van der Waals surface area (Å²) in [6, 6.07) is 5.29. The van der Waals surface area contributed by atoms with Gasteiger partial charge in [0.15, 0.2) is 5.60 Å². The van der Waals surface area contributed by atoms with Crippen LogP contribution in [0.2, 0.25) is 0 Å². The van der Waals surface area contributed by atoms with Gasteiger partial charge in [-0.15, -0.1) is 0 Å². The number of hydrogen-bond acceptors (Lipinski definition) is 5. The second-order valence-electron chi connectivity index (χ2n) is 5.24. The standard InChI is InChI=1S/C15H14O5/c1-7-5-4-6-9-10(7)15(3,20-13(9)17)11-8(2)12(16)19-14(11)18/h4-6,12,16H,1-3H3/t12-,15-/m1/s1. The maximum absolute atomic E-state index is 12.0. The molecule has 2 aliphatic rings. The van der Waals surface area contributed by atoms with Crippen molar-refractivity contribution < 1.29 is 24.2 Å². The van der Waals surface area contributed by atoms with Crippen molar-refractivity contribution in [1.82, 2.24) is 0 Å². The Hall–Kier alpha value is -2.14. The molecule has 2 atom stereocenters. The Morgan fingerprint density at radius 3 is 2.50 bits per heavy atom. The van der Waals surface area contributed by atoms with Crippen LogP contribution >= 0.6 is 0 Å². The fourth-order valence-electron chi connectivity index (χ4n) is 3.04. The first-order valence-electron chi connectivity index (χ1n) is 6.30. The average Bonchev–Trinajstić information content (AvgIpc) is 2.77. The van der Waals surface area contributed by atoms with Gasteiger partial charge in [-0.05, 0) is 32.4 Å². The van der Waals surface area contributed by atoms with Crippen LogP contribution in [0.1, 0.15) is 35.3 Å².